The molecule has 10 heteroatoms. The molecule has 432 valence electrons. The molecule has 0 saturated carbocycles. The van der Waals surface area contributed by atoms with Crippen LogP contribution in [0.5, 0.6) is 0 Å². The highest BCUT2D eigenvalue weighted by Crippen LogP contribution is 2.38. The number of carbonyl (C=O) groups is 2. The quantitative estimate of drug-likeness (QED) is 0.0212. The summed E-state index contributed by atoms with van der Waals surface area (Å²) in [6, 6.07) is -0.923. The van der Waals surface area contributed by atoms with Crippen molar-refractivity contribution in [1.82, 2.24) is 5.32 Å². The molecule has 0 aromatic rings. The minimum absolute atomic E-state index is 0.0373. The number of hydrogen-bond acceptors (Lipinski definition) is 7. The van der Waals surface area contributed by atoms with Crippen molar-refractivity contribution in [3.05, 3.63) is 97.2 Å². The van der Waals surface area contributed by atoms with Crippen molar-refractivity contribution in [2.75, 3.05) is 40.9 Å². The Morgan fingerprint density at radius 1 is 0.480 bits per heavy atom. The van der Waals surface area contributed by atoms with Crippen LogP contribution in [0, 0.1) is 0 Å². The Kier molecular flexibility index (Phi) is 52.1. The van der Waals surface area contributed by atoms with Gasteiger partial charge in [0, 0.05) is 12.8 Å². The molecule has 1 N–H and O–H groups in total. The van der Waals surface area contributed by atoms with Crippen molar-refractivity contribution in [2.24, 2.45) is 0 Å². The van der Waals surface area contributed by atoms with Gasteiger partial charge in [0.1, 0.15) is 19.3 Å². The first-order chi connectivity index (χ1) is 36.4. The van der Waals surface area contributed by atoms with E-state index in [9.17, 15) is 19.0 Å². The van der Waals surface area contributed by atoms with E-state index in [-0.39, 0.29) is 31.3 Å². The standard InChI is InChI=1S/C65H115N2O7P/c1-7-10-13-16-19-22-25-27-29-31-32-33-34-36-38-40-43-46-49-52-55-58-65(69)74-63(56-53-50-47-44-41-24-21-18-15-12-9-3)62(61-73-75(70,71)72-60-59-67(4,5)6)66-64(68)57-54-51-48-45-42-39-37-35-30-28-26-23-20-17-14-11-8-2/h11,14,19-20,22-23,27-30,37,39,45,48,53,56,62-63H,7-10,12-13,15-18,21,24-26,31-36,38,40-44,46-47,49-52,54-55,57-61H2,1-6H3,(H-,66,68,70,71)/b14-11-,22-19-,23-20-,29-27-,30-28-,39-37-,48-45-,56-53+. The van der Waals surface area contributed by atoms with Gasteiger partial charge in [0.15, 0.2) is 0 Å². The second-order valence-corrected chi connectivity index (χ2v) is 22.9. The Morgan fingerprint density at radius 2 is 0.867 bits per heavy atom. The molecule has 0 aliphatic heterocycles. The SMILES string of the molecule is CC/C=C\C/C=C\C/C=C\C/C=C\C/C=C\CCCC(=O)NC(COP(=O)([O-])OCC[N+](C)(C)C)C(/C=C/CCCCCCCCCCC)OC(=O)CCCCCCCCCCCCC/C=C\C/C=C\CCCCC. The van der Waals surface area contributed by atoms with E-state index in [1.54, 1.807) is 0 Å². The summed E-state index contributed by atoms with van der Waals surface area (Å²) >= 11 is 0. The summed E-state index contributed by atoms with van der Waals surface area (Å²) in [4.78, 5) is 39.9. The average Bonchev–Trinajstić information content (AvgIpc) is 3.37. The van der Waals surface area contributed by atoms with E-state index < -0.39 is 26.6 Å². The Balaban J connectivity index is 5.29. The molecule has 0 aliphatic rings. The van der Waals surface area contributed by atoms with Gasteiger partial charge in [0.2, 0.25) is 5.91 Å². The van der Waals surface area contributed by atoms with E-state index in [0.29, 0.717) is 17.4 Å². The van der Waals surface area contributed by atoms with Crippen molar-refractivity contribution in [3.63, 3.8) is 0 Å². The first kappa shape index (κ1) is 71.9. The number of amides is 1. The minimum atomic E-state index is -4.72. The molecule has 3 atom stereocenters. The largest absolute Gasteiger partial charge is 0.756 e. The number of nitrogens with zero attached hydrogens (tertiary/aromatic N) is 1. The molecule has 0 bridgehead atoms. The molecule has 0 spiro atoms. The van der Waals surface area contributed by atoms with Gasteiger partial charge in [-0.15, -0.1) is 0 Å². The van der Waals surface area contributed by atoms with E-state index in [4.69, 9.17) is 13.8 Å². The second-order valence-electron chi connectivity index (χ2n) is 21.5. The number of ether oxygens (including phenoxy) is 1. The first-order valence-corrected chi connectivity index (χ1v) is 32.0. The van der Waals surface area contributed by atoms with E-state index in [1.807, 2.05) is 33.3 Å². The summed E-state index contributed by atoms with van der Waals surface area (Å²) in [7, 11) is 1.14. The van der Waals surface area contributed by atoms with Gasteiger partial charge in [0.25, 0.3) is 7.82 Å². The third-order valence-corrected chi connectivity index (χ3v) is 14.0. The number of rotatable bonds is 54. The van der Waals surface area contributed by atoms with Crippen LogP contribution in [-0.2, 0) is 27.9 Å². The Morgan fingerprint density at radius 3 is 1.33 bits per heavy atom. The fraction of sp³-hybridized carbons (Fsp3) is 0.723. The van der Waals surface area contributed by atoms with Crippen molar-refractivity contribution in [1.29, 1.82) is 0 Å². The average molecular weight is 1070 g/mol. The molecule has 0 fully saturated rings. The summed E-state index contributed by atoms with van der Waals surface area (Å²) in [6.45, 7) is 6.65. The van der Waals surface area contributed by atoms with Crippen molar-refractivity contribution < 1.29 is 37.3 Å². The molecular formula is C65H115N2O7P. The molecule has 0 aromatic heterocycles. The second kappa shape index (κ2) is 54.3. The van der Waals surface area contributed by atoms with Gasteiger partial charge < -0.3 is 28.5 Å². The normalized spacial score (nSPS) is 14.4. The van der Waals surface area contributed by atoms with E-state index >= 15 is 0 Å². The number of phosphoric acid groups is 1. The fourth-order valence-corrected chi connectivity index (χ4v) is 9.02. The number of nitrogens with one attached hydrogen (secondary N) is 1. The maximum absolute atomic E-state index is 13.5. The van der Waals surface area contributed by atoms with Gasteiger partial charge in [-0.3, -0.25) is 14.2 Å². The van der Waals surface area contributed by atoms with Crippen LogP contribution in [0.4, 0.5) is 0 Å². The number of esters is 1. The lowest BCUT2D eigenvalue weighted by molar-refractivity contribution is -0.870. The topological polar surface area (TPSA) is 114 Å². The van der Waals surface area contributed by atoms with Crippen LogP contribution in [0.15, 0.2) is 97.2 Å². The first-order valence-electron chi connectivity index (χ1n) is 30.5. The van der Waals surface area contributed by atoms with E-state index in [2.05, 4.69) is 111 Å². The highest BCUT2D eigenvalue weighted by Gasteiger charge is 2.27. The summed E-state index contributed by atoms with van der Waals surface area (Å²) in [6.07, 6.45) is 72.4. The molecular weight excluding hydrogens is 952 g/mol. The Bertz CT molecular complexity index is 1610. The monoisotopic (exact) mass is 1070 g/mol. The van der Waals surface area contributed by atoms with Gasteiger partial charge in [0.05, 0.1) is 33.8 Å². The molecule has 0 saturated heterocycles. The molecule has 0 rings (SSSR count). The fourth-order valence-electron chi connectivity index (χ4n) is 8.29. The van der Waals surface area contributed by atoms with Crippen LogP contribution in [-0.4, -0.2) is 69.4 Å². The molecule has 0 aliphatic carbocycles. The zero-order chi connectivity index (χ0) is 55.0. The lowest BCUT2D eigenvalue weighted by atomic mass is 10.0. The van der Waals surface area contributed by atoms with Crippen LogP contribution in [0.2, 0.25) is 0 Å². The van der Waals surface area contributed by atoms with Gasteiger partial charge in [-0.05, 0) is 102 Å². The zero-order valence-corrected chi connectivity index (χ0v) is 50.1. The number of carbonyl (C=O) groups excluding carboxylic acids is 2. The zero-order valence-electron chi connectivity index (χ0n) is 49.2. The van der Waals surface area contributed by atoms with Crippen LogP contribution in [0.3, 0.4) is 0 Å². The number of allylic oxidation sites excluding steroid dienone is 15. The van der Waals surface area contributed by atoms with Crippen molar-refractivity contribution in [2.45, 2.75) is 264 Å². The summed E-state index contributed by atoms with van der Waals surface area (Å²) in [5, 5.41) is 2.99. The smallest absolute Gasteiger partial charge is 0.306 e. The predicted octanol–water partition coefficient (Wildman–Crippen LogP) is 18.1. The molecule has 9 nitrogen and oxygen atoms in total. The number of hydrogen-bond donors (Lipinski definition) is 1. The number of phosphoric ester groups is 1. The van der Waals surface area contributed by atoms with Crippen LogP contribution in [0.1, 0.15) is 252 Å². The van der Waals surface area contributed by atoms with E-state index in [1.165, 1.54) is 122 Å². The van der Waals surface area contributed by atoms with Gasteiger partial charge in [-0.1, -0.05) is 234 Å². The molecule has 1 amide bonds. The highest BCUT2D eigenvalue weighted by atomic mass is 31.2. The number of unbranched alkanes of at least 4 members (excludes halogenated alkanes) is 24. The highest BCUT2D eigenvalue weighted by molar-refractivity contribution is 7.45. The predicted molar refractivity (Wildman–Crippen MR) is 321 cm³/mol. The lowest BCUT2D eigenvalue weighted by Gasteiger charge is -2.30. The third-order valence-electron chi connectivity index (χ3n) is 13.0. The molecule has 0 heterocycles. The maximum atomic E-state index is 13.5. The van der Waals surface area contributed by atoms with Crippen molar-refractivity contribution >= 4 is 19.7 Å². The van der Waals surface area contributed by atoms with Gasteiger partial charge >= 0.3 is 5.97 Å². The Hall–Kier alpha value is -3.07. The van der Waals surface area contributed by atoms with Gasteiger partial charge in [-0.25, -0.2) is 0 Å². The van der Waals surface area contributed by atoms with Gasteiger partial charge in [-0.2, -0.15) is 0 Å². The molecule has 0 radical (unpaired) electrons. The summed E-state index contributed by atoms with van der Waals surface area (Å²) < 4.78 is 30.2. The third kappa shape index (κ3) is 55.5. The van der Waals surface area contributed by atoms with Crippen LogP contribution >= 0.6 is 7.82 Å². The van der Waals surface area contributed by atoms with E-state index in [0.717, 1.165) is 89.9 Å². The minimum Gasteiger partial charge on any atom is -0.756 e. The summed E-state index contributed by atoms with van der Waals surface area (Å²) in [5.41, 5.74) is 0. The molecule has 0 aromatic carbocycles. The number of quaternary nitrogens is 1. The number of likely N-dealkylation sites (N-methyl/N-ethyl adjacent to an activating group) is 1. The molecule has 75 heavy (non-hydrogen) atoms. The maximum Gasteiger partial charge on any atom is 0.306 e. The van der Waals surface area contributed by atoms with Crippen LogP contribution < -0.4 is 10.2 Å². The lowest BCUT2D eigenvalue weighted by Crippen LogP contribution is -2.47. The summed E-state index contributed by atoms with van der Waals surface area (Å²) in [5.74, 6) is -0.615. The van der Waals surface area contributed by atoms with Crippen molar-refractivity contribution in [3.8, 4) is 0 Å². The van der Waals surface area contributed by atoms with Crippen LogP contribution in [0.25, 0.3) is 0 Å². The Labute approximate surface area is 462 Å². The molecule has 3 unspecified atom stereocenters.